The SMILES string of the molecule is CCCCCCCCCCCCCCCCOP(=S)(OCCCCCCCCCCCCCCCC)SSP(=S)(OCCCCCCCCCCCCCCCC)OCCCCCCCCCCCCCCCC. The van der Waals surface area contributed by atoms with Crippen LogP contribution in [0.4, 0.5) is 0 Å². The molecule has 0 N–H and O–H groups in total. The van der Waals surface area contributed by atoms with Gasteiger partial charge in [0, 0.05) is 20.8 Å². The Bertz CT molecular complexity index is 989. The summed E-state index contributed by atoms with van der Waals surface area (Å²) in [6.07, 6.45) is 75.7. The topological polar surface area (TPSA) is 36.9 Å². The second kappa shape index (κ2) is 64.0. The first kappa shape index (κ1) is 75.8. The first-order chi connectivity index (χ1) is 36.4. The van der Waals surface area contributed by atoms with Gasteiger partial charge in [-0.05, 0) is 49.3 Å². The van der Waals surface area contributed by atoms with Crippen molar-refractivity contribution in [2.24, 2.45) is 0 Å². The van der Waals surface area contributed by atoms with Crippen molar-refractivity contribution in [2.45, 2.75) is 387 Å². The van der Waals surface area contributed by atoms with Crippen LogP contribution in [0.2, 0.25) is 0 Å². The van der Waals surface area contributed by atoms with Gasteiger partial charge < -0.3 is 18.1 Å². The molecule has 0 aliphatic rings. The van der Waals surface area contributed by atoms with E-state index in [9.17, 15) is 0 Å². The molecule has 0 aliphatic carbocycles. The standard InChI is InChI=1S/C64H132O4P2S4/c1-5-9-13-17-21-25-29-33-37-41-45-49-53-57-61-65-69(71,66-62-58-54-50-46-42-38-34-30-26-22-18-14-10-6-2)73-74-70(72,67-63-59-55-51-47-43-39-35-31-27-23-19-15-11-7-3)68-64-60-56-52-48-44-40-36-32-28-24-20-16-12-8-4/h5-64H2,1-4H3. The highest BCUT2D eigenvalue weighted by Gasteiger charge is 2.29. The minimum Gasteiger partial charge on any atom is -0.321 e. The summed E-state index contributed by atoms with van der Waals surface area (Å²) in [5.74, 6) is 0. The highest BCUT2D eigenvalue weighted by Crippen LogP contribution is 2.77. The highest BCUT2D eigenvalue weighted by molar-refractivity contribution is 9.17. The summed E-state index contributed by atoms with van der Waals surface area (Å²) in [5.41, 5.74) is -5.25. The summed E-state index contributed by atoms with van der Waals surface area (Å²) >= 11 is 12.7. The smallest absolute Gasteiger partial charge is 0.258 e. The molecule has 10 heteroatoms. The van der Waals surface area contributed by atoms with Gasteiger partial charge in [0.05, 0.1) is 26.4 Å². The minimum atomic E-state index is -2.62. The predicted molar refractivity (Wildman–Crippen MR) is 349 cm³/mol. The van der Waals surface area contributed by atoms with E-state index < -0.39 is 11.4 Å². The highest BCUT2D eigenvalue weighted by atomic mass is 33.5. The fourth-order valence-corrected chi connectivity index (χ4v) is 26.7. The third-order valence-electron chi connectivity index (χ3n) is 15.2. The fourth-order valence-electron chi connectivity index (χ4n) is 10.1. The number of hydrogen-bond donors (Lipinski definition) is 0. The van der Waals surface area contributed by atoms with Crippen LogP contribution in [0.1, 0.15) is 387 Å². The lowest BCUT2D eigenvalue weighted by molar-refractivity contribution is 0.248. The minimum absolute atomic E-state index is 0.671. The van der Waals surface area contributed by atoms with Crippen molar-refractivity contribution in [3.05, 3.63) is 0 Å². The molecule has 0 saturated carbocycles. The molecule has 0 atom stereocenters. The molecule has 0 aliphatic heterocycles. The third kappa shape index (κ3) is 59.9. The van der Waals surface area contributed by atoms with E-state index in [1.807, 2.05) is 0 Å². The van der Waals surface area contributed by atoms with Crippen molar-refractivity contribution >= 4 is 55.8 Å². The summed E-state index contributed by atoms with van der Waals surface area (Å²) in [6, 6.07) is 0. The van der Waals surface area contributed by atoms with E-state index in [1.54, 1.807) is 20.8 Å². The molecule has 4 nitrogen and oxygen atoms in total. The zero-order valence-electron chi connectivity index (χ0n) is 50.6. The Hall–Kier alpha value is 1.84. The molecule has 0 bridgehead atoms. The van der Waals surface area contributed by atoms with Crippen molar-refractivity contribution in [1.82, 2.24) is 0 Å². The molecule has 74 heavy (non-hydrogen) atoms. The first-order valence-electron chi connectivity index (χ1n) is 33.6. The lowest BCUT2D eigenvalue weighted by Gasteiger charge is -2.25. The van der Waals surface area contributed by atoms with Gasteiger partial charge >= 0.3 is 0 Å². The van der Waals surface area contributed by atoms with Crippen LogP contribution in [-0.2, 0) is 41.7 Å². The van der Waals surface area contributed by atoms with E-state index in [2.05, 4.69) is 27.7 Å². The van der Waals surface area contributed by atoms with Crippen molar-refractivity contribution < 1.29 is 18.1 Å². The van der Waals surface area contributed by atoms with Crippen molar-refractivity contribution in [3.63, 3.8) is 0 Å². The monoisotopic (exact) mass is 1150 g/mol. The number of rotatable bonds is 67. The average Bonchev–Trinajstić information content (AvgIpc) is 3.40. The van der Waals surface area contributed by atoms with Gasteiger partial charge in [-0.2, -0.15) is 0 Å². The lowest BCUT2D eigenvalue weighted by Crippen LogP contribution is -1.99. The summed E-state index contributed by atoms with van der Waals surface area (Å²) in [6.45, 7) is 11.9. The van der Waals surface area contributed by atoms with E-state index in [4.69, 9.17) is 41.7 Å². The van der Waals surface area contributed by atoms with Crippen molar-refractivity contribution in [3.8, 4) is 0 Å². The molecule has 0 unspecified atom stereocenters. The van der Waals surface area contributed by atoms with E-state index in [0.717, 1.165) is 25.7 Å². The molecule has 0 aromatic rings. The van der Waals surface area contributed by atoms with Crippen LogP contribution in [0.15, 0.2) is 0 Å². The molecule has 446 valence electrons. The molecule has 0 spiro atoms. The largest absolute Gasteiger partial charge is 0.321 e. The normalized spacial score (nSPS) is 12.2. The quantitative estimate of drug-likeness (QED) is 0.0339. The van der Waals surface area contributed by atoms with Gasteiger partial charge in [-0.3, -0.25) is 0 Å². The first-order valence-corrected chi connectivity index (χ1v) is 42.2. The van der Waals surface area contributed by atoms with Crippen LogP contribution in [-0.4, -0.2) is 26.4 Å². The molecule has 0 saturated heterocycles. The van der Waals surface area contributed by atoms with Crippen LogP contribution in [0.3, 0.4) is 0 Å². The number of unbranched alkanes of at least 4 members (excludes halogenated alkanes) is 52. The average molecular weight is 1160 g/mol. The van der Waals surface area contributed by atoms with Crippen LogP contribution in [0.25, 0.3) is 0 Å². The maximum Gasteiger partial charge on any atom is 0.258 e. The van der Waals surface area contributed by atoms with Gasteiger partial charge in [-0.25, -0.2) is 0 Å². The summed E-state index contributed by atoms with van der Waals surface area (Å²) in [7, 11) is 3.14. The van der Waals surface area contributed by atoms with Gasteiger partial charge in [-0.15, -0.1) is 0 Å². The molecule has 0 aromatic carbocycles. The van der Waals surface area contributed by atoms with E-state index in [0.29, 0.717) is 26.4 Å². The molecule has 0 amide bonds. The predicted octanol–water partition coefficient (Wildman–Crippen LogP) is 26.8. The van der Waals surface area contributed by atoms with Gasteiger partial charge in [0.2, 0.25) is 0 Å². The van der Waals surface area contributed by atoms with Gasteiger partial charge in [0.25, 0.3) is 11.4 Å². The number of hydrogen-bond acceptors (Lipinski definition) is 8. The zero-order chi connectivity index (χ0) is 53.7. The van der Waals surface area contributed by atoms with Gasteiger partial charge in [0.1, 0.15) is 0 Å². The summed E-state index contributed by atoms with van der Waals surface area (Å²) < 4.78 is 26.5. The second-order valence-electron chi connectivity index (χ2n) is 22.8. The molecule has 0 aromatic heterocycles. The molecule has 0 radical (unpaired) electrons. The van der Waals surface area contributed by atoms with Crippen LogP contribution in [0.5, 0.6) is 0 Å². The second-order valence-corrected chi connectivity index (χ2v) is 36.6. The molecular formula is C64H132O4P2S4. The maximum absolute atomic E-state index is 6.62. The van der Waals surface area contributed by atoms with Crippen LogP contribution < -0.4 is 0 Å². The van der Waals surface area contributed by atoms with E-state index >= 15 is 0 Å². The Morgan fingerprint density at radius 3 is 0.419 bits per heavy atom. The third-order valence-corrected chi connectivity index (χ3v) is 30.4. The van der Waals surface area contributed by atoms with Gasteiger partial charge in [0.15, 0.2) is 0 Å². The van der Waals surface area contributed by atoms with Crippen molar-refractivity contribution in [2.75, 3.05) is 26.4 Å². The molecular weight excluding hydrogens is 1020 g/mol. The summed E-state index contributed by atoms with van der Waals surface area (Å²) in [4.78, 5) is 0. The Labute approximate surface area is 484 Å². The zero-order valence-corrected chi connectivity index (χ0v) is 55.6. The Balaban J connectivity index is 5.07. The van der Waals surface area contributed by atoms with Gasteiger partial charge in [-0.1, -0.05) is 362 Å². The fraction of sp³-hybridized carbons (Fsp3) is 1.00. The Morgan fingerprint density at radius 2 is 0.297 bits per heavy atom. The van der Waals surface area contributed by atoms with Crippen LogP contribution >= 0.6 is 32.2 Å². The Kier molecular flexibility index (Phi) is 65.6. The van der Waals surface area contributed by atoms with Crippen LogP contribution in [0, 0.1) is 0 Å². The summed E-state index contributed by atoms with van der Waals surface area (Å²) in [5, 5.41) is 0. The molecule has 0 fully saturated rings. The lowest BCUT2D eigenvalue weighted by atomic mass is 10.0. The van der Waals surface area contributed by atoms with E-state index in [-0.39, 0.29) is 0 Å². The van der Waals surface area contributed by atoms with Crippen molar-refractivity contribution in [1.29, 1.82) is 0 Å². The maximum atomic E-state index is 6.62. The molecule has 0 heterocycles. The molecule has 0 rings (SSSR count). The Morgan fingerprint density at radius 1 is 0.189 bits per heavy atom. The van der Waals surface area contributed by atoms with E-state index in [1.165, 1.54) is 334 Å².